The van der Waals surface area contributed by atoms with Crippen LogP contribution in [0.5, 0.6) is 0 Å². The fourth-order valence-corrected chi connectivity index (χ4v) is 2.15. The van der Waals surface area contributed by atoms with Gasteiger partial charge in [-0.3, -0.25) is 4.98 Å². The Hall–Kier alpha value is -1.41. The van der Waals surface area contributed by atoms with Gasteiger partial charge in [0, 0.05) is 17.8 Å². The lowest BCUT2D eigenvalue weighted by atomic mass is 9.80. The van der Waals surface area contributed by atoms with Gasteiger partial charge in [0.1, 0.15) is 0 Å². The van der Waals surface area contributed by atoms with E-state index in [1.807, 2.05) is 18.5 Å². The van der Waals surface area contributed by atoms with Crippen molar-refractivity contribution in [3.63, 3.8) is 0 Å². The number of hydrogen-bond donors (Lipinski definition) is 1. The summed E-state index contributed by atoms with van der Waals surface area (Å²) in [5.74, 6) is 0. The number of rotatable bonds is 3. The normalized spacial score (nSPS) is 11.9. The van der Waals surface area contributed by atoms with Crippen LogP contribution in [-0.2, 0) is 5.41 Å². The molecule has 0 unspecified atom stereocenters. The summed E-state index contributed by atoms with van der Waals surface area (Å²) in [7, 11) is 0. The second-order valence-corrected chi connectivity index (χ2v) is 4.83. The van der Waals surface area contributed by atoms with Crippen molar-refractivity contribution in [3.05, 3.63) is 42.2 Å². The van der Waals surface area contributed by atoms with Gasteiger partial charge in [0.15, 0.2) is 0 Å². The van der Waals surface area contributed by atoms with Crippen LogP contribution in [0.25, 0.3) is 10.8 Å². The molecule has 1 aromatic carbocycles. The minimum absolute atomic E-state index is 0.0859. The molecule has 1 aromatic heterocycles. The Balaban J connectivity index is 2.60. The second kappa shape index (κ2) is 4.22. The highest BCUT2D eigenvalue weighted by Gasteiger charge is 2.21. The van der Waals surface area contributed by atoms with Gasteiger partial charge >= 0.3 is 0 Å². The van der Waals surface area contributed by atoms with E-state index < -0.39 is 0 Å². The maximum atomic E-state index is 5.68. The molecule has 0 aliphatic rings. The minimum atomic E-state index is 0.0859. The summed E-state index contributed by atoms with van der Waals surface area (Å²) < 4.78 is 0. The quantitative estimate of drug-likeness (QED) is 0.853. The van der Waals surface area contributed by atoms with E-state index >= 15 is 0 Å². The highest BCUT2D eigenvalue weighted by Crippen LogP contribution is 2.31. The molecular weight excluding hydrogens is 196 g/mol. The molecule has 2 nitrogen and oxygen atoms in total. The molecule has 0 bridgehead atoms. The summed E-state index contributed by atoms with van der Waals surface area (Å²) in [6.45, 7) is 5.16. The summed E-state index contributed by atoms with van der Waals surface area (Å²) in [5.41, 5.74) is 7.05. The van der Waals surface area contributed by atoms with Gasteiger partial charge < -0.3 is 5.73 Å². The molecule has 0 atom stereocenters. The zero-order chi connectivity index (χ0) is 11.6. The van der Waals surface area contributed by atoms with Crippen molar-refractivity contribution in [2.24, 2.45) is 5.73 Å². The van der Waals surface area contributed by atoms with Crippen molar-refractivity contribution < 1.29 is 0 Å². The van der Waals surface area contributed by atoms with Crippen LogP contribution in [0.3, 0.4) is 0 Å². The van der Waals surface area contributed by atoms with E-state index in [0.717, 1.165) is 6.42 Å². The highest BCUT2D eigenvalue weighted by atomic mass is 14.6. The van der Waals surface area contributed by atoms with Crippen molar-refractivity contribution in [3.8, 4) is 0 Å². The van der Waals surface area contributed by atoms with Crippen LogP contribution >= 0.6 is 0 Å². The first kappa shape index (κ1) is 11.1. The van der Waals surface area contributed by atoms with Crippen molar-refractivity contribution in [1.29, 1.82) is 0 Å². The fraction of sp³-hybridized carbons (Fsp3) is 0.357. The summed E-state index contributed by atoms with van der Waals surface area (Å²) in [6.07, 6.45) is 4.86. The SMILES string of the molecule is CC(C)(CCN)c1cncc2ccccc12. The first-order chi connectivity index (χ1) is 7.65. The predicted molar refractivity (Wildman–Crippen MR) is 68.4 cm³/mol. The molecule has 2 heteroatoms. The number of nitrogens with two attached hydrogens (primary N) is 1. The van der Waals surface area contributed by atoms with Crippen molar-refractivity contribution in [2.75, 3.05) is 6.54 Å². The molecule has 0 spiro atoms. The Morgan fingerprint density at radius 3 is 2.69 bits per heavy atom. The van der Waals surface area contributed by atoms with Crippen LogP contribution < -0.4 is 5.73 Å². The van der Waals surface area contributed by atoms with E-state index in [9.17, 15) is 0 Å². The lowest BCUT2D eigenvalue weighted by molar-refractivity contribution is 0.490. The van der Waals surface area contributed by atoms with Crippen molar-refractivity contribution in [2.45, 2.75) is 25.7 Å². The van der Waals surface area contributed by atoms with Crippen LogP contribution in [0.2, 0.25) is 0 Å². The molecule has 0 aliphatic carbocycles. The number of nitrogens with zero attached hydrogens (tertiary/aromatic N) is 1. The summed E-state index contributed by atoms with van der Waals surface area (Å²) in [6, 6.07) is 8.38. The first-order valence-corrected chi connectivity index (χ1v) is 5.68. The molecule has 2 aromatic rings. The van der Waals surface area contributed by atoms with E-state index in [4.69, 9.17) is 5.73 Å². The minimum Gasteiger partial charge on any atom is -0.330 e. The molecule has 2 N–H and O–H groups in total. The van der Waals surface area contributed by atoms with Gasteiger partial charge in [-0.1, -0.05) is 38.1 Å². The zero-order valence-electron chi connectivity index (χ0n) is 9.90. The summed E-state index contributed by atoms with van der Waals surface area (Å²) in [5, 5.41) is 2.49. The molecule has 0 radical (unpaired) electrons. The number of pyridine rings is 1. The number of aromatic nitrogens is 1. The molecule has 0 fully saturated rings. The van der Waals surface area contributed by atoms with Gasteiger partial charge in [0.2, 0.25) is 0 Å². The molecule has 0 saturated carbocycles. The molecule has 0 saturated heterocycles. The van der Waals surface area contributed by atoms with E-state index in [1.165, 1.54) is 16.3 Å². The average molecular weight is 214 g/mol. The van der Waals surface area contributed by atoms with Gasteiger partial charge in [-0.2, -0.15) is 0 Å². The van der Waals surface area contributed by atoms with Crippen LogP contribution in [0, 0.1) is 0 Å². The van der Waals surface area contributed by atoms with Crippen molar-refractivity contribution >= 4 is 10.8 Å². The van der Waals surface area contributed by atoms with Crippen LogP contribution in [0.1, 0.15) is 25.8 Å². The third kappa shape index (κ3) is 1.93. The Labute approximate surface area is 96.5 Å². The van der Waals surface area contributed by atoms with E-state index in [-0.39, 0.29) is 5.41 Å². The lowest BCUT2D eigenvalue weighted by Gasteiger charge is -2.25. The summed E-state index contributed by atoms with van der Waals surface area (Å²) in [4.78, 5) is 4.32. The maximum Gasteiger partial charge on any atom is 0.0346 e. The fourth-order valence-electron chi connectivity index (χ4n) is 2.15. The molecule has 0 amide bonds. The molecule has 0 aliphatic heterocycles. The second-order valence-electron chi connectivity index (χ2n) is 4.83. The van der Waals surface area contributed by atoms with E-state index in [0.29, 0.717) is 6.54 Å². The number of hydrogen-bond acceptors (Lipinski definition) is 2. The van der Waals surface area contributed by atoms with Crippen LogP contribution in [0.15, 0.2) is 36.7 Å². The van der Waals surface area contributed by atoms with Gasteiger partial charge in [0.05, 0.1) is 0 Å². The summed E-state index contributed by atoms with van der Waals surface area (Å²) >= 11 is 0. The van der Waals surface area contributed by atoms with Gasteiger partial charge in [0.25, 0.3) is 0 Å². The Morgan fingerprint density at radius 2 is 1.94 bits per heavy atom. The average Bonchev–Trinajstić information content (AvgIpc) is 2.28. The third-order valence-corrected chi connectivity index (χ3v) is 3.17. The number of benzene rings is 1. The lowest BCUT2D eigenvalue weighted by Crippen LogP contribution is -2.22. The first-order valence-electron chi connectivity index (χ1n) is 5.68. The Morgan fingerprint density at radius 1 is 1.19 bits per heavy atom. The molecule has 84 valence electrons. The number of fused-ring (bicyclic) bond motifs is 1. The molecular formula is C14H18N2. The van der Waals surface area contributed by atoms with Gasteiger partial charge in [-0.25, -0.2) is 0 Å². The largest absolute Gasteiger partial charge is 0.330 e. The predicted octanol–water partition coefficient (Wildman–Crippen LogP) is 2.86. The highest BCUT2D eigenvalue weighted by molar-refractivity contribution is 5.85. The van der Waals surface area contributed by atoms with Gasteiger partial charge in [-0.15, -0.1) is 0 Å². The monoisotopic (exact) mass is 214 g/mol. The van der Waals surface area contributed by atoms with Crippen LogP contribution in [-0.4, -0.2) is 11.5 Å². The van der Waals surface area contributed by atoms with Crippen molar-refractivity contribution in [1.82, 2.24) is 4.98 Å². The Kier molecular flexibility index (Phi) is 2.92. The Bertz CT molecular complexity index is 484. The molecule has 16 heavy (non-hydrogen) atoms. The topological polar surface area (TPSA) is 38.9 Å². The molecule has 1 heterocycles. The maximum absolute atomic E-state index is 5.68. The smallest absolute Gasteiger partial charge is 0.0346 e. The van der Waals surface area contributed by atoms with Gasteiger partial charge in [-0.05, 0) is 29.3 Å². The van der Waals surface area contributed by atoms with Crippen LogP contribution in [0.4, 0.5) is 0 Å². The van der Waals surface area contributed by atoms with E-state index in [1.54, 1.807) is 0 Å². The third-order valence-electron chi connectivity index (χ3n) is 3.17. The zero-order valence-corrected chi connectivity index (χ0v) is 9.90. The standard InChI is InChI=1S/C14H18N2/c1-14(2,7-8-15)13-10-16-9-11-5-3-4-6-12(11)13/h3-6,9-10H,7-8,15H2,1-2H3. The van der Waals surface area contributed by atoms with E-state index in [2.05, 4.69) is 37.0 Å². The molecule has 2 rings (SSSR count).